The minimum absolute atomic E-state index is 0.0156. The molecule has 0 unspecified atom stereocenters. The number of hydrazine groups is 1. The Kier molecular flexibility index (Phi) is 4.39. The number of rotatable bonds is 5. The Hall–Kier alpha value is -2.60. The normalized spacial score (nSPS) is 10.4. The second-order valence-corrected chi connectivity index (χ2v) is 4.77. The molecule has 2 rings (SSSR count). The zero-order chi connectivity index (χ0) is 15.4. The predicted molar refractivity (Wildman–Crippen MR) is 81.1 cm³/mol. The van der Waals surface area contributed by atoms with Crippen LogP contribution in [0.25, 0.3) is 0 Å². The number of anilines is 1. The van der Waals surface area contributed by atoms with Gasteiger partial charge in [0.1, 0.15) is 5.75 Å². The summed E-state index contributed by atoms with van der Waals surface area (Å²) in [5.74, 6) is 0.0838. The molecule has 0 fully saturated rings. The standard InChI is InChI=1S/C15H17N3O3/c1-10-8-14(18(20)21)11(2)13(15(10)19)9-16-17-12-6-4-3-5-7-12/h3-8,16-17,19H,9H2,1-2H3. The number of phenols is 1. The van der Waals surface area contributed by atoms with Gasteiger partial charge in [-0.05, 0) is 31.5 Å². The molecule has 2 aromatic carbocycles. The molecule has 21 heavy (non-hydrogen) atoms. The van der Waals surface area contributed by atoms with E-state index < -0.39 is 4.92 Å². The number of nitro benzene ring substituents is 1. The van der Waals surface area contributed by atoms with E-state index in [9.17, 15) is 15.2 Å². The molecular formula is C15H17N3O3. The predicted octanol–water partition coefficient (Wildman–Crippen LogP) is 3.03. The minimum atomic E-state index is -0.435. The number of nitro groups is 1. The van der Waals surface area contributed by atoms with Gasteiger partial charge in [-0.1, -0.05) is 18.2 Å². The molecular weight excluding hydrogens is 270 g/mol. The molecule has 6 nitrogen and oxygen atoms in total. The number of hydrogen-bond donors (Lipinski definition) is 3. The zero-order valence-corrected chi connectivity index (χ0v) is 11.9. The molecule has 0 aliphatic carbocycles. The number of hydrogen-bond acceptors (Lipinski definition) is 5. The molecule has 0 spiro atoms. The van der Waals surface area contributed by atoms with E-state index in [2.05, 4.69) is 10.9 Å². The smallest absolute Gasteiger partial charge is 0.273 e. The van der Waals surface area contributed by atoms with Gasteiger partial charge in [0.15, 0.2) is 0 Å². The monoisotopic (exact) mass is 287 g/mol. The van der Waals surface area contributed by atoms with E-state index in [-0.39, 0.29) is 18.0 Å². The Labute approximate surface area is 122 Å². The molecule has 6 heteroatoms. The number of benzene rings is 2. The lowest BCUT2D eigenvalue weighted by molar-refractivity contribution is -0.385. The Morgan fingerprint density at radius 3 is 2.52 bits per heavy atom. The SMILES string of the molecule is Cc1cc([N+](=O)[O-])c(C)c(CNNc2ccccc2)c1O. The number of phenolic OH excluding ortho intramolecular Hbond substituents is 1. The summed E-state index contributed by atoms with van der Waals surface area (Å²) in [7, 11) is 0. The van der Waals surface area contributed by atoms with Gasteiger partial charge in [0.05, 0.1) is 4.92 Å². The van der Waals surface area contributed by atoms with Gasteiger partial charge in [0.2, 0.25) is 0 Å². The molecule has 110 valence electrons. The maximum atomic E-state index is 11.0. The summed E-state index contributed by atoms with van der Waals surface area (Å²) in [6.45, 7) is 3.56. The molecule has 0 aliphatic heterocycles. The molecule has 0 heterocycles. The van der Waals surface area contributed by atoms with Crippen molar-refractivity contribution in [1.82, 2.24) is 5.43 Å². The highest BCUT2D eigenvalue weighted by Gasteiger charge is 2.19. The minimum Gasteiger partial charge on any atom is -0.507 e. The van der Waals surface area contributed by atoms with Gasteiger partial charge in [-0.15, -0.1) is 0 Å². The molecule has 0 saturated carbocycles. The van der Waals surface area contributed by atoms with Crippen molar-refractivity contribution in [3.8, 4) is 5.75 Å². The lowest BCUT2D eigenvalue weighted by atomic mass is 10.0. The molecule has 0 saturated heterocycles. The first-order valence-corrected chi connectivity index (χ1v) is 6.51. The van der Waals surface area contributed by atoms with Crippen LogP contribution in [0.1, 0.15) is 16.7 Å². The number of aryl methyl sites for hydroxylation is 1. The Bertz CT molecular complexity index is 657. The molecule has 2 aromatic rings. The van der Waals surface area contributed by atoms with Gasteiger partial charge in [-0.3, -0.25) is 10.1 Å². The molecule has 0 atom stereocenters. The maximum Gasteiger partial charge on any atom is 0.273 e. The molecule has 0 bridgehead atoms. The largest absolute Gasteiger partial charge is 0.507 e. The summed E-state index contributed by atoms with van der Waals surface area (Å²) in [6.07, 6.45) is 0. The van der Waals surface area contributed by atoms with Crippen molar-refractivity contribution in [3.63, 3.8) is 0 Å². The van der Waals surface area contributed by atoms with E-state index in [0.717, 1.165) is 5.69 Å². The van der Waals surface area contributed by atoms with Crippen molar-refractivity contribution in [2.24, 2.45) is 0 Å². The quantitative estimate of drug-likeness (QED) is 0.581. The lowest BCUT2D eigenvalue weighted by Gasteiger charge is -2.13. The van der Waals surface area contributed by atoms with E-state index in [1.54, 1.807) is 13.8 Å². The van der Waals surface area contributed by atoms with Gasteiger partial charge in [-0.25, -0.2) is 5.43 Å². The van der Waals surface area contributed by atoms with Crippen molar-refractivity contribution < 1.29 is 10.0 Å². The number of aromatic hydroxyl groups is 1. The summed E-state index contributed by atoms with van der Waals surface area (Å²) in [5, 5.41) is 21.1. The van der Waals surface area contributed by atoms with Crippen LogP contribution < -0.4 is 10.9 Å². The molecule has 0 amide bonds. The van der Waals surface area contributed by atoms with Crippen molar-refractivity contribution in [3.05, 3.63) is 63.2 Å². The van der Waals surface area contributed by atoms with Crippen LogP contribution in [-0.4, -0.2) is 10.0 Å². The van der Waals surface area contributed by atoms with Crippen LogP contribution in [0, 0.1) is 24.0 Å². The van der Waals surface area contributed by atoms with E-state index in [1.165, 1.54) is 6.07 Å². The second-order valence-electron chi connectivity index (χ2n) is 4.77. The molecule has 3 N–H and O–H groups in total. The van der Waals surface area contributed by atoms with E-state index in [1.807, 2.05) is 30.3 Å². The topological polar surface area (TPSA) is 87.4 Å². The van der Waals surface area contributed by atoms with Gasteiger partial charge in [-0.2, -0.15) is 0 Å². The highest BCUT2D eigenvalue weighted by Crippen LogP contribution is 2.32. The average molecular weight is 287 g/mol. The summed E-state index contributed by atoms with van der Waals surface area (Å²) in [6, 6.07) is 10.9. The fourth-order valence-corrected chi connectivity index (χ4v) is 2.11. The summed E-state index contributed by atoms with van der Waals surface area (Å²) >= 11 is 0. The first-order valence-electron chi connectivity index (χ1n) is 6.51. The number of nitrogens with zero attached hydrogens (tertiary/aromatic N) is 1. The van der Waals surface area contributed by atoms with Gasteiger partial charge >= 0.3 is 0 Å². The molecule has 0 aromatic heterocycles. The maximum absolute atomic E-state index is 11.0. The highest BCUT2D eigenvalue weighted by atomic mass is 16.6. The van der Waals surface area contributed by atoms with Crippen molar-refractivity contribution in [1.29, 1.82) is 0 Å². The fraction of sp³-hybridized carbons (Fsp3) is 0.200. The second kappa shape index (κ2) is 6.23. The van der Waals surface area contributed by atoms with Gasteiger partial charge in [0, 0.05) is 29.4 Å². The van der Waals surface area contributed by atoms with Gasteiger partial charge < -0.3 is 10.5 Å². The van der Waals surface area contributed by atoms with Crippen LogP contribution in [0.3, 0.4) is 0 Å². The molecule has 0 aliphatic rings. The van der Waals surface area contributed by atoms with E-state index >= 15 is 0 Å². The third kappa shape index (κ3) is 3.29. The third-order valence-electron chi connectivity index (χ3n) is 3.32. The van der Waals surface area contributed by atoms with E-state index in [4.69, 9.17) is 0 Å². The average Bonchev–Trinajstić information content (AvgIpc) is 2.47. The number of para-hydroxylation sites is 1. The first kappa shape index (κ1) is 14.8. The summed E-state index contributed by atoms with van der Waals surface area (Å²) < 4.78 is 0. The molecule has 0 radical (unpaired) electrons. The third-order valence-corrected chi connectivity index (χ3v) is 3.32. The van der Waals surface area contributed by atoms with Crippen molar-refractivity contribution in [2.75, 3.05) is 5.43 Å². The van der Waals surface area contributed by atoms with Crippen LogP contribution in [0.5, 0.6) is 5.75 Å². The summed E-state index contributed by atoms with van der Waals surface area (Å²) in [5.41, 5.74) is 8.30. The van der Waals surface area contributed by atoms with Crippen LogP contribution in [0.15, 0.2) is 36.4 Å². The Morgan fingerprint density at radius 2 is 1.90 bits per heavy atom. The van der Waals surface area contributed by atoms with Gasteiger partial charge in [0.25, 0.3) is 5.69 Å². The lowest BCUT2D eigenvalue weighted by Crippen LogP contribution is -2.21. The van der Waals surface area contributed by atoms with Crippen LogP contribution in [-0.2, 0) is 6.54 Å². The van der Waals surface area contributed by atoms with Crippen molar-refractivity contribution >= 4 is 11.4 Å². The Morgan fingerprint density at radius 1 is 1.24 bits per heavy atom. The van der Waals surface area contributed by atoms with E-state index in [0.29, 0.717) is 16.7 Å². The van der Waals surface area contributed by atoms with Crippen LogP contribution in [0.4, 0.5) is 11.4 Å². The number of nitrogens with one attached hydrogen (secondary N) is 2. The first-order chi connectivity index (χ1) is 10.0. The fourth-order valence-electron chi connectivity index (χ4n) is 2.11. The highest BCUT2D eigenvalue weighted by molar-refractivity contribution is 5.55. The van der Waals surface area contributed by atoms with Crippen LogP contribution in [0.2, 0.25) is 0 Å². The Balaban J connectivity index is 2.18. The zero-order valence-electron chi connectivity index (χ0n) is 11.9. The summed E-state index contributed by atoms with van der Waals surface area (Å²) in [4.78, 5) is 10.6. The van der Waals surface area contributed by atoms with Crippen LogP contribution >= 0.6 is 0 Å². The van der Waals surface area contributed by atoms with Crippen molar-refractivity contribution in [2.45, 2.75) is 20.4 Å².